The van der Waals surface area contributed by atoms with Crippen LogP contribution >= 0.6 is 22.6 Å². The van der Waals surface area contributed by atoms with E-state index >= 15 is 0 Å². The van der Waals surface area contributed by atoms with Crippen molar-refractivity contribution in [2.75, 3.05) is 33.4 Å². The number of hydrogen-bond acceptors (Lipinski definition) is 4. The van der Waals surface area contributed by atoms with Crippen LogP contribution < -0.4 is 0 Å². The number of methoxy groups -OCH3 is 1. The van der Waals surface area contributed by atoms with E-state index < -0.39 is 10.0 Å². The van der Waals surface area contributed by atoms with E-state index in [1.165, 1.54) is 11.4 Å². The molecule has 0 amide bonds. The Morgan fingerprint density at radius 1 is 1.28 bits per heavy atom. The topological polar surface area (TPSA) is 66.8 Å². The molecule has 0 atom stereocenters. The van der Waals surface area contributed by atoms with E-state index in [0.717, 1.165) is 3.57 Å². The molecule has 0 aliphatic heterocycles. The van der Waals surface area contributed by atoms with Crippen LogP contribution in [0.4, 0.5) is 0 Å². The van der Waals surface area contributed by atoms with Gasteiger partial charge in [-0.3, -0.25) is 0 Å². The molecule has 102 valence electrons. The lowest BCUT2D eigenvalue weighted by Gasteiger charge is -2.20. The van der Waals surface area contributed by atoms with E-state index in [1.54, 1.807) is 24.3 Å². The molecule has 7 heteroatoms. The normalized spacial score (nSPS) is 12.0. The molecule has 0 aliphatic rings. The highest BCUT2D eigenvalue weighted by Gasteiger charge is 2.23. The second-order valence-corrected chi connectivity index (χ2v) is 6.76. The Balaban J connectivity index is 2.96. The molecule has 0 radical (unpaired) electrons. The highest BCUT2D eigenvalue weighted by atomic mass is 127. The van der Waals surface area contributed by atoms with Crippen LogP contribution in [0.5, 0.6) is 0 Å². The minimum atomic E-state index is -3.56. The van der Waals surface area contributed by atoms with Crippen molar-refractivity contribution in [1.82, 2.24) is 4.31 Å². The van der Waals surface area contributed by atoms with Gasteiger partial charge in [0.2, 0.25) is 10.0 Å². The van der Waals surface area contributed by atoms with Gasteiger partial charge in [0.05, 0.1) is 18.1 Å². The second-order valence-electron chi connectivity index (χ2n) is 3.57. The minimum absolute atomic E-state index is 0.0671. The molecule has 0 saturated heterocycles. The van der Waals surface area contributed by atoms with Crippen LogP contribution in [0.3, 0.4) is 0 Å². The third kappa shape index (κ3) is 4.16. The van der Waals surface area contributed by atoms with Gasteiger partial charge in [-0.1, -0.05) is 0 Å². The van der Waals surface area contributed by atoms with Crippen molar-refractivity contribution in [1.29, 1.82) is 0 Å². The van der Waals surface area contributed by atoms with Gasteiger partial charge in [-0.15, -0.1) is 0 Å². The maximum atomic E-state index is 12.3. The second kappa shape index (κ2) is 7.39. The van der Waals surface area contributed by atoms with Crippen molar-refractivity contribution in [3.63, 3.8) is 0 Å². The predicted molar refractivity (Wildman–Crippen MR) is 76.9 cm³/mol. The molecule has 0 aromatic heterocycles. The number of aliphatic hydroxyl groups is 1. The molecule has 0 aliphatic carbocycles. The van der Waals surface area contributed by atoms with E-state index in [4.69, 9.17) is 9.84 Å². The number of rotatable bonds is 7. The van der Waals surface area contributed by atoms with Crippen LogP contribution in [-0.4, -0.2) is 51.2 Å². The Labute approximate surface area is 121 Å². The van der Waals surface area contributed by atoms with Gasteiger partial charge in [0, 0.05) is 23.8 Å². The Morgan fingerprint density at radius 2 is 1.89 bits per heavy atom. The van der Waals surface area contributed by atoms with E-state index in [0.29, 0.717) is 6.61 Å². The molecule has 0 bridgehead atoms. The lowest BCUT2D eigenvalue weighted by atomic mass is 10.4. The third-order valence-corrected chi connectivity index (χ3v) is 4.98. The van der Waals surface area contributed by atoms with Gasteiger partial charge in [-0.2, -0.15) is 4.31 Å². The van der Waals surface area contributed by atoms with Gasteiger partial charge in [0.25, 0.3) is 0 Å². The highest BCUT2D eigenvalue weighted by Crippen LogP contribution is 2.16. The molecule has 0 saturated carbocycles. The number of benzene rings is 1. The zero-order valence-electron chi connectivity index (χ0n) is 10.0. The van der Waals surface area contributed by atoms with Crippen LogP contribution in [-0.2, 0) is 14.8 Å². The summed E-state index contributed by atoms with van der Waals surface area (Å²) < 4.78 is 31.7. The summed E-state index contributed by atoms with van der Waals surface area (Å²) in [5, 5.41) is 8.94. The Hall–Kier alpha value is -0.220. The molecule has 0 heterocycles. The lowest BCUT2D eigenvalue weighted by molar-refractivity contribution is 0.168. The maximum absolute atomic E-state index is 12.3. The highest BCUT2D eigenvalue weighted by molar-refractivity contribution is 14.1. The fraction of sp³-hybridized carbons (Fsp3) is 0.455. The maximum Gasteiger partial charge on any atom is 0.243 e. The van der Waals surface area contributed by atoms with Gasteiger partial charge < -0.3 is 9.84 Å². The van der Waals surface area contributed by atoms with E-state index in [-0.39, 0.29) is 24.6 Å². The molecule has 18 heavy (non-hydrogen) atoms. The molecule has 5 nitrogen and oxygen atoms in total. The number of halogens is 1. The van der Waals surface area contributed by atoms with Gasteiger partial charge in [-0.05, 0) is 46.9 Å². The van der Waals surface area contributed by atoms with Gasteiger partial charge in [-0.25, -0.2) is 8.42 Å². The molecule has 0 spiro atoms. The summed E-state index contributed by atoms with van der Waals surface area (Å²) in [6.07, 6.45) is 0. The molecule has 1 aromatic carbocycles. The molecule has 0 fully saturated rings. The number of nitrogens with zero attached hydrogens (tertiary/aromatic N) is 1. The summed E-state index contributed by atoms with van der Waals surface area (Å²) >= 11 is 2.11. The van der Waals surface area contributed by atoms with E-state index in [2.05, 4.69) is 22.6 Å². The minimum Gasteiger partial charge on any atom is -0.395 e. The average Bonchev–Trinajstić information content (AvgIpc) is 2.35. The largest absolute Gasteiger partial charge is 0.395 e. The quantitative estimate of drug-likeness (QED) is 0.709. The van der Waals surface area contributed by atoms with Gasteiger partial charge in [0.15, 0.2) is 0 Å². The number of sulfonamides is 1. The number of ether oxygens (including phenoxy) is 1. The predicted octanol–water partition coefficient (Wildman–Crippen LogP) is 0.921. The first-order valence-electron chi connectivity index (χ1n) is 5.38. The van der Waals surface area contributed by atoms with Gasteiger partial charge in [0.1, 0.15) is 0 Å². The van der Waals surface area contributed by atoms with E-state index in [1.807, 2.05) is 0 Å². The molecule has 1 N–H and O–H groups in total. The zero-order valence-corrected chi connectivity index (χ0v) is 13.0. The first-order valence-corrected chi connectivity index (χ1v) is 7.89. The average molecular weight is 385 g/mol. The summed E-state index contributed by atoms with van der Waals surface area (Å²) in [6.45, 7) is 0.375. The Morgan fingerprint density at radius 3 is 2.39 bits per heavy atom. The smallest absolute Gasteiger partial charge is 0.243 e. The van der Waals surface area contributed by atoms with Crippen LogP contribution in [0.2, 0.25) is 0 Å². The first-order chi connectivity index (χ1) is 8.52. The van der Waals surface area contributed by atoms with Crippen LogP contribution in [0, 0.1) is 3.57 Å². The van der Waals surface area contributed by atoms with Crippen LogP contribution in [0.15, 0.2) is 29.2 Å². The van der Waals surface area contributed by atoms with Crippen molar-refractivity contribution in [2.45, 2.75) is 4.90 Å². The van der Waals surface area contributed by atoms with Crippen molar-refractivity contribution in [2.24, 2.45) is 0 Å². The van der Waals surface area contributed by atoms with Crippen LogP contribution in [0.1, 0.15) is 0 Å². The zero-order chi connectivity index (χ0) is 13.6. The lowest BCUT2D eigenvalue weighted by Crippen LogP contribution is -2.36. The molecular weight excluding hydrogens is 369 g/mol. The van der Waals surface area contributed by atoms with Crippen molar-refractivity contribution >= 4 is 32.6 Å². The first kappa shape index (κ1) is 15.8. The van der Waals surface area contributed by atoms with Crippen molar-refractivity contribution in [3.8, 4) is 0 Å². The molecule has 1 rings (SSSR count). The summed E-state index contributed by atoms with van der Waals surface area (Å²) in [4.78, 5) is 0.229. The van der Waals surface area contributed by atoms with Gasteiger partial charge >= 0.3 is 0 Å². The summed E-state index contributed by atoms with van der Waals surface area (Å²) in [6, 6.07) is 6.60. The van der Waals surface area contributed by atoms with Crippen molar-refractivity contribution in [3.05, 3.63) is 27.8 Å². The molecular formula is C11H16INO4S. The monoisotopic (exact) mass is 385 g/mol. The summed E-state index contributed by atoms with van der Waals surface area (Å²) in [7, 11) is -2.05. The fourth-order valence-electron chi connectivity index (χ4n) is 1.41. The SMILES string of the molecule is COCCN(CCO)S(=O)(=O)c1ccc(I)cc1. The molecule has 1 aromatic rings. The summed E-state index contributed by atoms with van der Waals surface area (Å²) in [5.74, 6) is 0. The Bertz CT molecular complexity index is 460. The summed E-state index contributed by atoms with van der Waals surface area (Å²) in [5.41, 5.74) is 0. The Kier molecular flexibility index (Phi) is 6.50. The third-order valence-electron chi connectivity index (χ3n) is 2.35. The van der Waals surface area contributed by atoms with Crippen LogP contribution in [0.25, 0.3) is 0 Å². The fourth-order valence-corrected chi connectivity index (χ4v) is 3.19. The van der Waals surface area contributed by atoms with Crippen molar-refractivity contribution < 1.29 is 18.3 Å². The number of aliphatic hydroxyl groups excluding tert-OH is 1. The van der Waals surface area contributed by atoms with E-state index in [9.17, 15) is 8.42 Å². The number of hydrogen-bond donors (Lipinski definition) is 1. The standard InChI is InChI=1S/C11H16INO4S/c1-17-9-7-13(6-8-14)18(15,16)11-4-2-10(12)3-5-11/h2-5,14H,6-9H2,1H3. The molecule has 0 unspecified atom stereocenters.